The Labute approximate surface area is 240 Å². The highest BCUT2D eigenvalue weighted by molar-refractivity contribution is 5.99. The van der Waals surface area contributed by atoms with Crippen LogP contribution in [0.25, 0.3) is 22.3 Å². The summed E-state index contributed by atoms with van der Waals surface area (Å²) in [6.07, 6.45) is 4.25. The monoisotopic (exact) mass is 575 g/mol. The summed E-state index contributed by atoms with van der Waals surface area (Å²) in [7, 11) is 0. The zero-order valence-electron chi connectivity index (χ0n) is 23.2. The van der Waals surface area contributed by atoms with Crippen LogP contribution in [0, 0.1) is 34.2 Å². The zero-order valence-corrected chi connectivity index (χ0v) is 23.2. The van der Waals surface area contributed by atoms with Gasteiger partial charge in [0.25, 0.3) is 5.91 Å². The lowest BCUT2D eigenvalue weighted by molar-refractivity contribution is -0.128. The Morgan fingerprint density at radius 2 is 1.95 bits per heavy atom. The van der Waals surface area contributed by atoms with Gasteiger partial charge in [-0.1, -0.05) is 32.9 Å². The van der Waals surface area contributed by atoms with E-state index in [1.54, 1.807) is 15.7 Å². The number of aromatic nitrogens is 4. The number of rotatable bonds is 5. The third-order valence-electron chi connectivity index (χ3n) is 6.82. The number of nitrogen functional groups attached to an aromatic ring is 1. The van der Waals surface area contributed by atoms with Gasteiger partial charge >= 0.3 is 0 Å². The SMILES string of the molecule is CC(C)(C)/C=C(\C#N)C(=O)N1CCC[C@@H](n2nc(-c3ccc(Oc4cccc(F)c4F)cc3F)c3c(N)ncnc32)C1. The van der Waals surface area contributed by atoms with E-state index in [0.717, 1.165) is 12.1 Å². The van der Waals surface area contributed by atoms with E-state index in [-0.39, 0.29) is 58.1 Å². The molecular formula is C30H28F3N7O2. The molecule has 0 unspecified atom stereocenters. The predicted octanol–water partition coefficient (Wildman–Crippen LogP) is 5.94. The number of hydrogen-bond donors (Lipinski definition) is 1. The highest BCUT2D eigenvalue weighted by Crippen LogP contribution is 2.37. The molecule has 0 saturated carbocycles. The normalized spacial score (nSPS) is 16.0. The van der Waals surface area contributed by atoms with Crippen molar-refractivity contribution < 1.29 is 22.7 Å². The second-order valence-electron chi connectivity index (χ2n) is 11.1. The highest BCUT2D eigenvalue weighted by atomic mass is 19.2. The number of nitrogens with zero attached hydrogens (tertiary/aromatic N) is 6. The smallest absolute Gasteiger partial charge is 0.264 e. The van der Waals surface area contributed by atoms with Crippen molar-refractivity contribution in [2.75, 3.05) is 18.8 Å². The Morgan fingerprint density at radius 3 is 2.67 bits per heavy atom. The maximum atomic E-state index is 15.5. The van der Waals surface area contributed by atoms with E-state index in [1.165, 1.54) is 30.6 Å². The molecule has 4 aromatic rings. The van der Waals surface area contributed by atoms with Gasteiger partial charge in [-0.3, -0.25) is 4.79 Å². The van der Waals surface area contributed by atoms with E-state index < -0.39 is 17.5 Å². The van der Waals surface area contributed by atoms with Gasteiger partial charge < -0.3 is 15.4 Å². The standard InChI is InChI=1S/C30H28F3N7O2/c1-30(2,3)13-17(14-34)29(41)39-11-5-6-18(15-39)40-28-24(27(35)36-16-37-28)26(38-40)20-10-9-19(12-22(20)32)42-23-8-4-7-21(31)25(23)33/h4,7-10,12-13,16,18H,5-6,11,15H2,1-3H3,(H2,35,36,37)/b17-13+/t18-/m1/s1. The number of carbonyl (C=O) groups is 1. The number of carbonyl (C=O) groups excluding carboxylic acids is 1. The number of benzene rings is 2. The molecule has 0 radical (unpaired) electrons. The van der Waals surface area contributed by atoms with Crippen LogP contribution in [0.1, 0.15) is 39.7 Å². The van der Waals surface area contributed by atoms with Crippen LogP contribution >= 0.6 is 0 Å². The van der Waals surface area contributed by atoms with Crippen molar-refractivity contribution in [2.45, 2.75) is 39.7 Å². The molecule has 1 amide bonds. The molecule has 0 aliphatic carbocycles. The van der Waals surface area contributed by atoms with Crippen LogP contribution in [-0.2, 0) is 4.79 Å². The summed E-state index contributed by atoms with van der Waals surface area (Å²) in [5.41, 5.74) is 6.53. The first kappa shape index (κ1) is 28.6. The summed E-state index contributed by atoms with van der Waals surface area (Å²) in [4.78, 5) is 23.3. The Hall–Kier alpha value is -4.92. The second-order valence-corrected chi connectivity index (χ2v) is 11.1. The molecule has 216 valence electrons. The first-order valence-corrected chi connectivity index (χ1v) is 13.3. The lowest BCUT2D eigenvalue weighted by Gasteiger charge is -2.33. The molecule has 0 spiro atoms. The average molecular weight is 576 g/mol. The third kappa shape index (κ3) is 5.63. The van der Waals surface area contributed by atoms with Crippen LogP contribution < -0.4 is 10.5 Å². The number of ether oxygens (including phenoxy) is 1. The number of fused-ring (bicyclic) bond motifs is 1. The van der Waals surface area contributed by atoms with Crippen LogP contribution in [0.5, 0.6) is 11.5 Å². The van der Waals surface area contributed by atoms with Crippen molar-refractivity contribution in [3.05, 3.63) is 71.8 Å². The summed E-state index contributed by atoms with van der Waals surface area (Å²) in [6.45, 7) is 6.47. The lowest BCUT2D eigenvalue weighted by Crippen LogP contribution is -2.41. The molecular weight excluding hydrogens is 547 g/mol. The molecule has 9 nitrogen and oxygen atoms in total. The highest BCUT2D eigenvalue weighted by Gasteiger charge is 2.31. The fourth-order valence-electron chi connectivity index (χ4n) is 4.96. The molecule has 1 fully saturated rings. The van der Waals surface area contributed by atoms with Crippen LogP contribution in [0.2, 0.25) is 0 Å². The van der Waals surface area contributed by atoms with Crippen molar-refractivity contribution in [2.24, 2.45) is 5.41 Å². The van der Waals surface area contributed by atoms with Gasteiger partial charge in [0.15, 0.2) is 17.2 Å². The summed E-state index contributed by atoms with van der Waals surface area (Å²) in [6, 6.07) is 8.99. The quantitative estimate of drug-likeness (QED) is 0.231. The molecule has 1 saturated heterocycles. The molecule has 3 heterocycles. The summed E-state index contributed by atoms with van der Waals surface area (Å²) in [5, 5.41) is 14.7. The Kier molecular flexibility index (Phi) is 7.60. The summed E-state index contributed by atoms with van der Waals surface area (Å²) < 4.78 is 50.1. The van der Waals surface area contributed by atoms with Crippen LogP contribution in [0.15, 0.2) is 54.4 Å². The van der Waals surface area contributed by atoms with Crippen molar-refractivity contribution >= 4 is 22.8 Å². The molecule has 5 rings (SSSR count). The molecule has 1 atom stereocenters. The van der Waals surface area contributed by atoms with E-state index in [1.807, 2.05) is 26.8 Å². The number of nitriles is 1. The number of amides is 1. The van der Waals surface area contributed by atoms with Crippen LogP contribution in [-0.4, -0.2) is 43.6 Å². The minimum Gasteiger partial charge on any atom is -0.454 e. The molecule has 42 heavy (non-hydrogen) atoms. The number of likely N-dealkylation sites (tertiary alicyclic amines) is 1. The lowest BCUT2D eigenvalue weighted by atomic mass is 9.93. The van der Waals surface area contributed by atoms with Gasteiger partial charge in [-0.2, -0.15) is 14.8 Å². The maximum Gasteiger partial charge on any atom is 0.264 e. The molecule has 0 bridgehead atoms. The largest absolute Gasteiger partial charge is 0.454 e. The first-order valence-electron chi connectivity index (χ1n) is 13.3. The maximum absolute atomic E-state index is 15.5. The number of nitrogens with two attached hydrogens (primary N) is 1. The molecule has 1 aliphatic heterocycles. The van der Waals surface area contributed by atoms with Gasteiger partial charge in [0.05, 0.1) is 11.4 Å². The van der Waals surface area contributed by atoms with Crippen molar-refractivity contribution in [3.63, 3.8) is 0 Å². The fraction of sp³-hybridized carbons (Fsp3) is 0.300. The van der Waals surface area contributed by atoms with Gasteiger partial charge in [0.2, 0.25) is 5.82 Å². The molecule has 2 aromatic heterocycles. The van der Waals surface area contributed by atoms with Gasteiger partial charge in [0.1, 0.15) is 41.0 Å². The van der Waals surface area contributed by atoms with Crippen molar-refractivity contribution in [3.8, 4) is 28.8 Å². The van der Waals surface area contributed by atoms with E-state index in [0.29, 0.717) is 30.4 Å². The average Bonchev–Trinajstić information content (AvgIpc) is 3.34. The zero-order chi connectivity index (χ0) is 30.2. The second kappa shape index (κ2) is 11.2. The predicted molar refractivity (Wildman–Crippen MR) is 150 cm³/mol. The van der Waals surface area contributed by atoms with Crippen molar-refractivity contribution in [1.29, 1.82) is 5.26 Å². The fourth-order valence-corrected chi connectivity index (χ4v) is 4.96. The van der Waals surface area contributed by atoms with Gasteiger partial charge in [0, 0.05) is 24.7 Å². The number of halogens is 3. The number of allylic oxidation sites excluding steroid dienone is 1. The number of piperidine rings is 1. The van der Waals surface area contributed by atoms with E-state index >= 15 is 4.39 Å². The van der Waals surface area contributed by atoms with E-state index in [2.05, 4.69) is 15.1 Å². The Balaban J connectivity index is 1.49. The van der Waals surface area contributed by atoms with Crippen molar-refractivity contribution in [1.82, 2.24) is 24.6 Å². The Bertz CT molecular complexity index is 1750. The minimum absolute atomic E-state index is 0.0493. The van der Waals surface area contributed by atoms with E-state index in [4.69, 9.17) is 10.5 Å². The summed E-state index contributed by atoms with van der Waals surface area (Å²) in [5.74, 6) is -3.73. The summed E-state index contributed by atoms with van der Waals surface area (Å²) >= 11 is 0. The Morgan fingerprint density at radius 1 is 1.17 bits per heavy atom. The van der Waals surface area contributed by atoms with Gasteiger partial charge in [-0.15, -0.1) is 0 Å². The van der Waals surface area contributed by atoms with Crippen LogP contribution in [0.4, 0.5) is 19.0 Å². The molecule has 12 heteroatoms. The molecule has 2 N–H and O–H groups in total. The van der Waals surface area contributed by atoms with Crippen LogP contribution in [0.3, 0.4) is 0 Å². The number of anilines is 1. The third-order valence-corrected chi connectivity index (χ3v) is 6.82. The molecule has 1 aliphatic rings. The van der Waals surface area contributed by atoms with E-state index in [9.17, 15) is 18.8 Å². The minimum atomic E-state index is -1.19. The topological polar surface area (TPSA) is 123 Å². The first-order chi connectivity index (χ1) is 20.0. The molecule has 2 aromatic carbocycles. The van der Waals surface area contributed by atoms with Gasteiger partial charge in [-0.05, 0) is 42.5 Å². The number of hydrogen-bond acceptors (Lipinski definition) is 7. The van der Waals surface area contributed by atoms with Gasteiger partial charge in [-0.25, -0.2) is 23.4 Å².